The first-order valence-electron chi connectivity index (χ1n) is 6.46. The second kappa shape index (κ2) is 4.28. The van der Waals surface area contributed by atoms with Crippen LogP contribution in [0.2, 0.25) is 0 Å². The summed E-state index contributed by atoms with van der Waals surface area (Å²) in [5.41, 5.74) is 8.49. The van der Waals surface area contributed by atoms with Crippen LogP contribution in [0.1, 0.15) is 31.7 Å². The molecule has 0 aromatic heterocycles. The van der Waals surface area contributed by atoms with Gasteiger partial charge in [0.25, 0.3) is 0 Å². The van der Waals surface area contributed by atoms with Crippen LogP contribution in [0.5, 0.6) is 0 Å². The van der Waals surface area contributed by atoms with Crippen LogP contribution in [0.3, 0.4) is 0 Å². The molecule has 1 aliphatic carbocycles. The summed E-state index contributed by atoms with van der Waals surface area (Å²) in [4.78, 5) is 14.7. The number of rotatable bonds is 2. The SMILES string of the molecule is CC(=O)N1CCCc2cc(SC3(N)CC3)ccc21. The largest absolute Gasteiger partial charge is 0.317 e. The molecule has 0 saturated heterocycles. The molecule has 1 amide bonds. The van der Waals surface area contributed by atoms with Gasteiger partial charge in [0.2, 0.25) is 5.91 Å². The van der Waals surface area contributed by atoms with Crippen LogP contribution in [0, 0.1) is 0 Å². The topological polar surface area (TPSA) is 46.3 Å². The molecular formula is C14H18N2OS. The highest BCUT2D eigenvalue weighted by Gasteiger charge is 2.39. The van der Waals surface area contributed by atoms with Gasteiger partial charge in [-0.15, -0.1) is 11.8 Å². The van der Waals surface area contributed by atoms with E-state index >= 15 is 0 Å². The zero-order valence-corrected chi connectivity index (χ0v) is 11.4. The van der Waals surface area contributed by atoms with Crippen LogP contribution >= 0.6 is 11.8 Å². The molecule has 0 unspecified atom stereocenters. The van der Waals surface area contributed by atoms with Gasteiger partial charge in [-0.05, 0) is 49.4 Å². The number of benzene rings is 1. The standard InChI is InChI=1S/C14H18N2OS/c1-10(17)16-8-2-3-11-9-12(4-5-13(11)16)18-14(15)6-7-14/h4-5,9H,2-3,6-8,15H2,1H3. The molecule has 0 spiro atoms. The van der Waals surface area contributed by atoms with Gasteiger partial charge in [0.15, 0.2) is 0 Å². The Morgan fingerprint density at radius 3 is 2.89 bits per heavy atom. The van der Waals surface area contributed by atoms with Crippen LogP contribution in [0.15, 0.2) is 23.1 Å². The number of fused-ring (bicyclic) bond motifs is 1. The van der Waals surface area contributed by atoms with Crippen molar-refractivity contribution in [1.82, 2.24) is 0 Å². The number of carbonyl (C=O) groups excluding carboxylic acids is 1. The molecule has 96 valence electrons. The molecule has 1 saturated carbocycles. The van der Waals surface area contributed by atoms with Gasteiger partial charge < -0.3 is 10.6 Å². The van der Waals surface area contributed by atoms with Crippen molar-refractivity contribution in [3.8, 4) is 0 Å². The monoisotopic (exact) mass is 262 g/mol. The summed E-state index contributed by atoms with van der Waals surface area (Å²) in [7, 11) is 0. The maximum Gasteiger partial charge on any atom is 0.223 e. The van der Waals surface area contributed by atoms with Gasteiger partial charge in [-0.1, -0.05) is 0 Å². The number of nitrogens with two attached hydrogens (primary N) is 1. The Kier molecular flexibility index (Phi) is 2.87. The lowest BCUT2D eigenvalue weighted by molar-refractivity contribution is -0.116. The van der Waals surface area contributed by atoms with Gasteiger partial charge in [0.1, 0.15) is 0 Å². The average molecular weight is 262 g/mol. The molecule has 1 heterocycles. The maximum absolute atomic E-state index is 11.6. The van der Waals surface area contributed by atoms with Crippen molar-refractivity contribution < 1.29 is 4.79 Å². The third-order valence-corrected chi connectivity index (χ3v) is 4.92. The number of thioether (sulfide) groups is 1. The minimum atomic E-state index is -0.0246. The summed E-state index contributed by atoms with van der Waals surface area (Å²) in [6.45, 7) is 2.48. The van der Waals surface area contributed by atoms with Gasteiger partial charge in [-0.2, -0.15) is 0 Å². The van der Waals surface area contributed by atoms with E-state index in [9.17, 15) is 4.79 Å². The molecule has 1 fully saturated rings. The lowest BCUT2D eigenvalue weighted by Gasteiger charge is -2.29. The Hall–Kier alpha value is -1.00. The fourth-order valence-electron chi connectivity index (χ4n) is 2.42. The van der Waals surface area contributed by atoms with Crippen molar-refractivity contribution in [2.24, 2.45) is 5.73 Å². The summed E-state index contributed by atoms with van der Waals surface area (Å²) in [6, 6.07) is 6.38. The summed E-state index contributed by atoms with van der Waals surface area (Å²) in [5, 5.41) is 0. The van der Waals surface area contributed by atoms with E-state index in [1.165, 1.54) is 10.5 Å². The van der Waals surface area contributed by atoms with Crippen LogP contribution in [0.25, 0.3) is 0 Å². The van der Waals surface area contributed by atoms with Crippen molar-refractivity contribution in [1.29, 1.82) is 0 Å². The van der Waals surface area contributed by atoms with Gasteiger partial charge in [-0.3, -0.25) is 4.79 Å². The van der Waals surface area contributed by atoms with Gasteiger partial charge in [0, 0.05) is 24.1 Å². The minimum absolute atomic E-state index is 0.0246. The number of amides is 1. The zero-order chi connectivity index (χ0) is 12.8. The predicted octanol–water partition coefficient (Wildman–Crippen LogP) is 2.53. The lowest BCUT2D eigenvalue weighted by Crippen LogP contribution is -2.33. The summed E-state index contributed by atoms with van der Waals surface area (Å²) >= 11 is 1.77. The van der Waals surface area contributed by atoms with Gasteiger partial charge >= 0.3 is 0 Å². The highest BCUT2D eigenvalue weighted by atomic mass is 32.2. The fraction of sp³-hybridized carbons (Fsp3) is 0.500. The predicted molar refractivity (Wildman–Crippen MR) is 74.8 cm³/mol. The van der Waals surface area contributed by atoms with E-state index in [1.807, 2.05) is 4.90 Å². The number of carbonyl (C=O) groups is 1. The first-order valence-corrected chi connectivity index (χ1v) is 7.28. The maximum atomic E-state index is 11.6. The van der Waals surface area contributed by atoms with E-state index in [0.29, 0.717) is 0 Å². The van der Waals surface area contributed by atoms with Crippen LogP contribution < -0.4 is 10.6 Å². The molecule has 0 bridgehead atoms. The molecule has 1 aliphatic heterocycles. The highest BCUT2D eigenvalue weighted by molar-refractivity contribution is 8.01. The van der Waals surface area contributed by atoms with E-state index in [4.69, 9.17) is 5.73 Å². The molecule has 2 aliphatic rings. The van der Waals surface area contributed by atoms with E-state index in [2.05, 4.69) is 18.2 Å². The second-order valence-corrected chi connectivity index (χ2v) is 6.72. The number of hydrogen-bond donors (Lipinski definition) is 1. The number of anilines is 1. The first kappa shape index (κ1) is 12.1. The third kappa shape index (κ3) is 2.27. The van der Waals surface area contributed by atoms with Crippen LogP contribution in [-0.2, 0) is 11.2 Å². The van der Waals surface area contributed by atoms with E-state index in [0.717, 1.165) is 37.9 Å². The Morgan fingerprint density at radius 2 is 2.22 bits per heavy atom. The van der Waals surface area contributed by atoms with Crippen LogP contribution in [-0.4, -0.2) is 17.3 Å². The normalized spacial score (nSPS) is 20.4. The Balaban J connectivity index is 1.88. The van der Waals surface area contributed by atoms with E-state index in [1.54, 1.807) is 18.7 Å². The lowest BCUT2D eigenvalue weighted by atomic mass is 10.0. The Labute approximate surface area is 112 Å². The fourth-order valence-corrected chi connectivity index (χ4v) is 3.54. The first-order chi connectivity index (χ1) is 8.57. The van der Waals surface area contributed by atoms with Crippen molar-refractivity contribution in [3.63, 3.8) is 0 Å². The molecule has 3 nitrogen and oxygen atoms in total. The molecule has 1 aromatic rings. The molecule has 1 aromatic carbocycles. The molecule has 3 rings (SSSR count). The molecular weight excluding hydrogens is 244 g/mol. The number of hydrogen-bond acceptors (Lipinski definition) is 3. The summed E-state index contributed by atoms with van der Waals surface area (Å²) in [5.74, 6) is 0.133. The van der Waals surface area contributed by atoms with E-state index in [-0.39, 0.29) is 10.8 Å². The summed E-state index contributed by atoms with van der Waals surface area (Å²) < 4.78 is 0. The Morgan fingerprint density at radius 1 is 1.44 bits per heavy atom. The van der Waals surface area contributed by atoms with Crippen molar-refractivity contribution in [2.75, 3.05) is 11.4 Å². The molecule has 0 radical (unpaired) electrons. The summed E-state index contributed by atoms with van der Waals surface area (Å²) in [6.07, 6.45) is 4.32. The molecule has 18 heavy (non-hydrogen) atoms. The Bertz CT molecular complexity index is 497. The van der Waals surface area contributed by atoms with Gasteiger partial charge in [-0.25, -0.2) is 0 Å². The average Bonchev–Trinajstić information content (AvgIpc) is 3.05. The van der Waals surface area contributed by atoms with E-state index < -0.39 is 0 Å². The van der Waals surface area contributed by atoms with Crippen molar-refractivity contribution in [3.05, 3.63) is 23.8 Å². The van der Waals surface area contributed by atoms with Gasteiger partial charge in [0.05, 0.1) is 4.87 Å². The smallest absolute Gasteiger partial charge is 0.223 e. The minimum Gasteiger partial charge on any atom is -0.317 e. The molecule has 0 atom stereocenters. The molecule has 2 N–H and O–H groups in total. The second-order valence-electron chi connectivity index (χ2n) is 5.23. The zero-order valence-electron chi connectivity index (χ0n) is 10.6. The van der Waals surface area contributed by atoms with Crippen molar-refractivity contribution in [2.45, 2.75) is 42.4 Å². The number of nitrogens with zero attached hydrogens (tertiary/aromatic N) is 1. The van der Waals surface area contributed by atoms with Crippen LogP contribution in [0.4, 0.5) is 5.69 Å². The highest BCUT2D eigenvalue weighted by Crippen LogP contribution is 2.47. The third-order valence-electron chi connectivity index (χ3n) is 3.61. The molecule has 4 heteroatoms. The number of aryl methyl sites for hydroxylation is 1. The van der Waals surface area contributed by atoms with Crippen molar-refractivity contribution >= 4 is 23.4 Å². The quantitative estimate of drug-likeness (QED) is 0.833.